The Hall–Kier alpha value is -1.92. The maximum Gasteiger partial charge on any atom is 0.377 e. The molecule has 0 saturated heterocycles. The molecule has 34 heavy (non-hydrogen) atoms. The van der Waals surface area contributed by atoms with Crippen LogP contribution < -0.4 is 0 Å². The maximum atomic E-state index is 14.1. The summed E-state index contributed by atoms with van der Waals surface area (Å²) in [6.07, 6.45) is 6.97. The summed E-state index contributed by atoms with van der Waals surface area (Å²) < 4.78 is 54.9. The second kappa shape index (κ2) is 12.2. The molecule has 1 aliphatic rings. The molecule has 1 fully saturated rings. The van der Waals surface area contributed by atoms with E-state index < -0.39 is 17.6 Å². The molecule has 0 radical (unpaired) electrons. The van der Waals surface area contributed by atoms with Crippen molar-refractivity contribution in [1.29, 1.82) is 0 Å². The van der Waals surface area contributed by atoms with Gasteiger partial charge in [-0.2, -0.15) is 0 Å². The fraction of sp³-hybridized carbons (Fsp3) is 0.462. The molecule has 0 aliphatic heterocycles. The molecule has 0 spiro atoms. The highest BCUT2D eigenvalue weighted by Gasteiger charge is 2.40. The van der Waals surface area contributed by atoms with Crippen molar-refractivity contribution in [3.8, 4) is 0 Å². The predicted octanol–water partition coefficient (Wildman–Crippen LogP) is 6.87. The van der Waals surface area contributed by atoms with E-state index >= 15 is 0 Å². The molecule has 186 valence electrons. The molecule has 0 bridgehead atoms. The molecule has 1 aliphatic carbocycles. The van der Waals surface area contributed by atoms with Gasteiger partial charge in [-0.05, 0) is 63.3 Å². The van der Waals surface area contributed by atoms with Crippen molar-refractivity contribution < 1.29 is 22.0 Å². The van der Waals surface area contributed by atoms with Gasteiger partial charge in [-0.1, -0.05) is 67.3 Å². The van der Waals surface area contributed by atoms with Crippen LogP contribution in [0.25, 0.3) is 0 Å². The van der Waals surface area contributed by atoms with Crippen molar-refractivity contribution in [1.82, 2.24) is 4.31 Å². The molecule has 2 aromatic carbocycles. The van der Waals surface area contributed by atoms with Crippen LogP contribution in [0.5, 0.6) is 0 Å². The fourth-order valence-electron chi connectivity index (χ4n) is 4.21. The van der Waals surface area contributed by atoms with E-state index in [1.165, 1.54) is 4.31 Å². The van der Waals surface area contributed by atoms with E-state index in [9.17, 15) is 13.0 Å². The number of hydrogen-bond donors (Lipinski definition) is 0. The molecule has 0 aromatic heterocycles. The normalized spacial score (nSPS) is 15.9. The van der Waals surface area contributed by atoms with Crippen molar-refractivity contribution in [2.45, 2.75) is 64.3 Å². The largest absolute Gasteiger partial charge is 0.377 e. The summed E-state index contributed by atoms with van der Waals surface area (Å²) in [6, 6.07) is 16.0. The van der Waals surface area contributed by atoms with Crippen LogP contribution in [-0.2, 0) is 30.2 Å². The molecule has 1 saturated carbocycles. The van der Waals surface area contributed by atoms with Gasteiger partial charge in [0.1, 0.15) is 5.44 Å². The average Bonchev–Trinajstić information content (AvgIpc) is 2.83. The number of rotatable bonds is 11. The van der Waals surface area contributed by atoms with E-state index in [2.05, 4.69) is 0 Å². The molecule has 0 amide bonds. The lowest BCUT2D eigenvalue weighted by Crippen LogP contribution is -2.31. The van der Waals surface area contributed by atoms with Crippen LogP contribution in [0, 0.1) is 12.8 Å². The Morgan fingerprint density at radius 2 is 1.56 bits per heavy atom. The molecule has 8 heteroatoms. The van der Waals surface area contributed by atoms with E-state index in [0.29, 0.717) is 0 Å². The Morgan fingerprint density at radius 3 is 2.12 bits per heavy atom. The zero-order valence-corrected chi connectivity index (χ0v) is 22.1. The zero-order valence-electron chi connectivity index (χ0n) is 20.4. The number of aryl methyl sites for hydroxylation is 1. The Morgan fingerprint density at radius 1 is 0.971 bits per heavy atom. The minimum atomic E-state index is -4.05. The highest BCUT2D eigenvalue weighted by atomic mass is 32.2. The monoisotopic (exact) mass is 505 g/mol. The number of sulfonamides is 1. The van der Waals surface area contributed by atoms with Gasteiger partial charge in [0, 0.05) is 0 Å². The van der Waals surface area contributed by atoms with Crippen molar-refractivity contribution >= 4 is 17.6 Å². The van der Waals surface area contributed by atoms with E-state index in [1.54, 1.807) is 38.1 Å². The minimum absolute atomic E-state index is 0.0275. The van der Waals surface area contributed by atoms with Crippen LogP contribution >= 0.6 is 7.60 Å². The van der Waals surface area contributed by atoms with Crippen molar-refractivity contribution in [2.24, 2.45) is 5.92 Å². The van der Waals surface area contributed by atoms with Gasteiger partial charge < -0.3 is 9.05 Å². The van der Waals surface area contributed by atoms with Gasteiger partial charge in [0.05, 0.1) is 24.7 Å². The standard InChI is InChI=1S/C26H36NO5PS/c1-4-31-33(28,32-5-2)26(20-23-12-8-6-9-13-23)27(21-24-14-10-7-11-15-24)34(29,30)25-18-16-22(3)17-19-25/h7,10-11,14-20,23H,4-6,8-9,12-13,21H2,1-3H3/b26-20-. The molecule has 0 heterocycles. The number of benzene rings is 2. The van der Waals surface area contributed by atoms with E-state index in [-0.39, 0.29) is 36.0 Å². The molecule has 6 nitrogen and oxygen atoms in total. The fourth-order valence-corrected chi connectivity index (χ4v) is 7.95. The topological polar surface area (TPSA) is 72.9 Å². The smallest absolute Gasteiger partial charge is 0.304 e. The van der Waals surface area contributed by atoms with Crippen LogP contribution in [0.2, 0.25) is 0 Å². The second-order valence-electron chi connectivity index (χ2n) is 8.57. The minimum Gasteiger partial charge on any atom is -0.304 e. The lowest BCUT2D eigenvalue weighted by molar-refractivity contribution is 0.219. The number of hydrogen-bond acceptors (Lipinski definition) is 5. The summed E-state index contributed by atoms with van der Waals surface area (Å²) >= 11 is 0. The SMILES string of the molecule is CCOP(=O)(OCC)/C(=C\C1CCCCC1)N(Cc1ccccc1)S(=O)(=O)c1ccc(C)cc1. The van der Waals surface area contributed by atoms with Crippen LogP contribution in [0.4, 0.5) is 0 Å². The van der Waals surface area contributed by atoms with Crippen LogP contribution in [0.3, 0.4) is 0 Å². The summed E-state index contributed by atoms with van der Waals surface area (Å²) in [7, 11) is -7.96. The molecule has 3 rings (SSSR count). The Labute approximate surface area is 204 Å². The highest BCUT2D eigenvalue weighted by Crippen LogP contribution is 2.59. The molecule has 0 atom stereocenters. The second-order valence-corrected chi connectivity index (χ2v) is 12.4. The van der Waals surface area contributed by atoms with E-state index in [1.807, 2.05) is 43.3 Å². The van der Waals surface area contributed by atoms with E-state index in [0.717, 1.165) is 43.2 Å². The lowest BCUT2D eigenvalue weighted by Gasteiger charge is -2.32. The third-order valence-electron chi connectivity index (χ3n) is 5.95. The summed E-state index contributed by atoms with van der Waals surface area (Å²) in [5.74, 6) is 0.115. The van der Waals surface area contributed by atoms with Gasteiger partial charge in [-0.15, -0.1) is 0 Å². The highest BCUT2D eigenvalue weighted by molar-refractivity contribution is 7.89. The Bertz CT molecular complexity index is 1080. The summed E-state index contributed by atoms with van der Waals surface area (Å²) in [5, 5.41) is 0. The number of nitrogens with zero attached hydrogens (tertiary/aromatic N) is 1. The molecule has 0 N–H and O–H groups in total. The third-order valence-corrected chi connectivity index (χ3v) is 10.0. The van der Waals surface area contributed by atoms with Crippen molar-refractivity contribution in [2.75, 3.05) is 13.2 Å². The van der Waals surface area contributed by atoms with Crippen molar-refractivity contribution in [3.63, 3.8) is 0 Å². The number of allylic oxidation sites excluding steroid dienone is 1. The molecule has 0 unspecified atom stereocenters. The van der Waals surface area contributed by atoms with E-state index in [4.69, 9.17) is 9.05 Å². The Balaban J connectivity index is 2.20. The third kappa shape index (κ3) is 6.60. The first-order chi connectivity index (χ1) is 16.3. The summed E-state index contributed by atoms with van der Waals surface area (Å²) in [6.45, 7) is 5.69. The summed E-state index contributed by atoms with van der Waals surface area (Å²) in [4.78, 5) is 0.142. The zero-order chi connectivity index (χ0) is 24.6. The van der Waals surface area contributed by atoms with Gasteiger partial charge in [0.15, 0.2) is 0 Å². The molecular weight excluding hydrogens is 469 g/mol. The van der Waals surface area contributed by atoms with Gasteiger partial charge in [0.25, 0.3) is 10.0 Å². The van der Waals surface area contributed by atoms with Crippen LogP contribution in [-0.4, -0.2) is 25.9 Å². The van der Waals surface area contributed by atoms with Crippen LogP contribution in [0.1, 0.15) is 57.1 Å². The quantitative estimate of drug-likeness (QED) is 0.312. The Kier molecular flexibility index (Phi) is 9.55. The first-order valence-electron chi connectivity index (χ1n) is 12.0. The lowest BCUT2D eigenvalue weighted by atomic mass is 9.89. The first kappa shape index (κ1) is 26.7. The van der Waals surface area contributed by atoms with Gasteiger partial charge in [0.2, 0.25) is 0 Å². The first-order valence-corrected chi connectivity index (χ1v) is 15.0. The average molecular weight is 506 g/mol. The molecule has 2 aromatic rings. The molecular formula is C26H36NO5PS. The van der Waals surface area contributed by atoms with Crippen LogP contribution in [0.15, 0.2) is 71.0 Å². The maximum absolute atomic E-state index is 14.1. The van der Waals surface area contributed by atoms with Gasteiger partial charge in [-0.3, -0.25) is 8.87 Å². The van der Waals surface area contributed by atoms with Crippen molar-refractivity contribution in [3.05, 3.63) is 77.2 Å². The summed E-state index contributed by atoms with van der Waals surface area (Å²) in [5.41, 5.74) is 1.86. The van der Waals surface area contributed by atoms with Gasteiger partial charge in [-0.25, -0.2) is 8.42 Å². The predicted molar refractivity (Wildman–Crippen MR) is 136 cm³/mol. The van der Waals surface area contributed by atoms with Gasteiger partial charge >= 0.3 is 7.60 Å².